The van der Waals surface area contributed by atoms with Crippen LogP contribution in [0.15, 0.2) is 42.6 Å². The Balaban J connectivity index is 1.72. The molecule has 5 rings (SSSR count). The number of hydrogen-bond donors (Lipinski definition) is 3. The number of carboxylic acid groups (broad SMARTS) is 1. The van der Waals surface area contributed by atoms with Crippen LogP contribution in [-0.2, 0) is 40.7 Å². The Bertz CT molecular complexity index is 1990. The molecule has 2 saturated heterocycles. The molecule has 2 atom stereocenters. The van der Waals surface area contributed by atoms with E-state index in [2.05, 4.69) is 81.2 Å². The standard InChI is InChI=1S/C46H68N4O9Si/c1-29(2)60(30(3)4,31(5)6)59-37-25-35(34-15-16-38-39(33-17-22-56-23-18-33)28-49(41(38)26-34)19-13-21-57-32(7)51)24-36(27-37)46(11,47-44(55)58-45(8,9)10)43(54)50-20-12-14-40(48-50)42(52)53/h15-16,24-31,33,40,48H,12-14,17-23H2,1-11H3,(H,47,55)(H,52,53)/t40-,46-/m0/s1. The number of amides is 2. The molecule has 0 unspecified atom stereocenters. The smallest absolute Gasteiger partial charge is 0.408 e. The first kappa shape index (κ1) is 46.7. The van der Waals surface area contributed by atoms with Gasteiger partial charge in [-0.3, -0.25) is 19.4 Å². The van der Waals surface area contributed by atoms with Crippen molar-refractivity contribution in [3.63, 3.8) is 0 Å². The second-order valence-corrected chi connectivity index (χ2v) is 24.0. The number of benzene rings is 2. The number of hydrazine groups is 1. The van der Waals surface area contributed by atoms with E-state index in [0.29, 0.717) is 62.9 Å². The fourth-order valence-electron chi connectivity index (χ4n) is 9.28. The predicted octanol–water partition coefficient (Wildman–Crippen LogP) is 9.03. The van der Waals surface area contributed by atoms with Crippen LogP contribution in [-0.4, -0.2) is 84.9 Å². The maximum absolute atomic E-state index is 14.9. The Morgan fingerprint density at radius 1 is 0.933 bits per heavy atom. The summed E-state index contributed by atoms with van der Waals surface area (Å²) in [5.74, 6) is -0.956. The molecule has 0 radical (unpaired) electrons. The summed E-state index contributed by atoms with van der Waals surface area (Å²) in [6.45, 7) is 24.3. The molecule has 0 bridgehead atoms. The minimum Gasteiger partial charge on any atom is -0.543 e. The molecular formula is C46H68N4O9Si. The van der Waals surface area contributed by atoms with E-state index in [1.165, 1.54) is 17.5 Å². The lowest BCUT2D eigenvalue weighted by atomic mass is 9.87. The lowest BCUT2D eigenvalue weighted by Crippen LogP contribution is -2.63. The second-order valence-electron chi connectivity index (χ2n) is 18.6. The van der Waals surface area contributed by atoms with Crippen molar-refractivity contribution in [2.75, 3.05) is 26.4 Å². The molecule has 330 valence electrons. The van der Waals surface area contributed by atoms with Crippen molar-refractivity contribution >= 4 is 43.2 Å². The van der Waals surface area contributed by atoms with Crippen LogP contribution in [0.1, 0.15) is 125 Å². The maximum atomic E-state index is 14.9. The molecule has 1 aromatic heterocycles. The number of ether oxygens (including phenoxy) is 3. The first-order chi connectivity index (χ1) is 28.2. The number of aryl methyl sites for hydroxylation is 1. The Hall–Kier alpha value is -4.40. The fraction of sp³-hybridized carbons (Fsp3) is 0.609. The third kappa shape index (κ3) is 10.5. The van der Waals surface area contributed by atoms with E-state index >= 15 is 0 Å². The number of esters is 1. The summed E-state index contributed by atoms with van der Waals surface area (Å²) in [6, 6.07) is 11.3. The average Bonchev–Trinajstić information content (AvgIpc) is 3.54. The Labute approximate surface area is 356 Å². The number of nitrogens with zero attached hydrogens (tertiary/aromatic N) is 2. The quantitative estimate of drug-likeness (QED) is 0.0766. The molecular weight excluding hydrogens is 781 g/mol. The van der Waals surface area contributed by atoms with Crippen LogP contribution >= 0.6 is 0 Å². The van der Waals surface area contributed by atoms with Crippen LogP contribution in [0.3, 0.4) is 0 Å². The molecule has 0 aliphatic carbocycles. The van der Waals surface area contributed by atoms with E-state index in [-0.39, 0.29) is 29.1 Å². The highest BCUT2D eigenvalue weighted by molar-refractivity contribution is 6.78. The number of fused-ring (bicyclic) bond motifs is 1. The number of carbonyl (C=O) groups is 4. The van der Waals surface area contributed by atoms with Gasteiger partial charge in [-0.25, -0.2) is 10.2 Å². The number of carboxylic acids is 1. The lowest BCUT2D eigenvalue weighted by molar-refractivity contribution is -0.150. The molecule has 2 fully saturated rings. The zero-order valence-corrected chi connectivity index (χ0v) is 38.6. The minimum absolute atomic E-state index is 0.248. The van der Waals surface area contributed by atoms with Crippen LogP contribution in [0.4, 0.5) is 4.79 Å². The number of rotatable bonds is 15. The molecule has 3 aromatic rings. The number of hydrogen-bond acceptors (Lipinski definition) is 9. The SMILES string of the molecule is CC(=O)OCCCn1cc(C2CCOCC2)c2ccc(-c3cc(O[Si](C(C)C)(C(C)C)C(C)C)cc([C@](C)(NC(=O)OC(C)(C)C)C(=O)N4CCC[C@@H](C(=O)O)N4)c3)cc21. The van der Waals surface area contributed by atoms with Gasteiger partial charge < -0.3 is 33.6 Å². The van der Waals surface area contributed by atoms with Crippen molar-refractivity contribution in [1.82, 2.24) is 20.3 Å². The van der Waals surface area contributed by atoms with Crippen LogP contribution in [0.25, 0.3) is 22.0 Å². The molecule has 2 aliphatic rings. The van der Waals surface area contributed by atoms with E-state index in [1.807, 2.05) is 18.2 Å². The monoisotopic (exact) mass is 848 g/mol. The molecule has 2 aromatic carbocycles. The molecule has 13 nitrogen and oxygen atoms in total. The van der Waals surface area contributed by atoms with Crippen LogP contribution < -0.4 is 15.2 Å². The highest BCUT2D eigenvalue weighted by Gasteiger charge is 2.48. The number of alkyl carbamates (subject to hydrolysis) is 1. The van der Waals surface area contributed by atoms with E-state index in [4.69, 9.17) is 18.6 Å². The molecule has 3 N–H and O–H groups in total. The van der Waals surface area contributed by atoms with Crippen molar-refractivity contribution in [2.24, 2.45) is 0 Å². The van der Waals surface area contributed by atoms with Gasteiger partial charge in [-0.2, -0.15) is 0 Å². The normalized spacial score (nSPS) is 17.8. The summed E-state index contributed by atoms with van der Waals surface area (Å²) in [5.41, 5.74) is 5.49. The highest BCUT2D eigenvalue weighted by Crippen LogP contribution is 2.45. The zero-order chi connectivity index (χ0) is 44.2. The van der Waals surface area contributed by atoms with Crippen LogP contribution in [0.5, 0.6) is 5.75 Å². The van der Waals surface area contributed by atoms with E-state index < -0.39 is 43.5 Å². The summed E-state index contributed by atoms with van der Waals surface area (Å²) < 4.78 is 26.3. The summed E-state index contributed by atoms with van der Waals surface area (Å²) in [6.07, 6.45) is 4.77. The van der Waals surface area contributed by atoms with Gasteiger partial charge in [-0.15, -0.1) is 0 Å². The second kappa shape index (κ2) is 19.1. The van der Waals surface area contributed by atoms with Crippen molar-refractivity contribution in [1.29, 1.82) is 0 Å². The maximum Gasteiger partial charge on any atom is 0.408 e. The van der Waals surface area contributed by atoms with Gasteiger partial charge in [0.15, 0.2) is 0 Å². The number of aliphatic carboxylic acids is 1. The predicted molar refractivity (Wildman–Crippen MR) is 235 cm³/mol. The molecule has 2 amide bonds. The molecule has 2 aliphatic heterocycles. The lowest BCUT2D eigenvalue weighted by Gasteiger charge is -2.43. The topological polar surface area (TPSA) is 158 Å². The van der Waals surface area contributed by atoms with E-state index in [1.54, 1.807) is 27.7 Å². The van der Waals surface area contributed by atoms with Crippen LogP contribution in [0.2, 0.25) is 16.6 Å². The van der Waals surface area contributed by atoms with Gasteiger partial charge in [0.2, 0.25) is 0 Å². The van der Waals surface area contributed by atoms with Crippen molar-refractivity contribution in [3.8, 4) is 16.9 Å². The zero-order valence-electron chi connectivity index (χ0n) is 37.6. The fourth-order valence-corrected chi connectivity index (χ4v) is 14.5. The first-order valence-electron chi connectivity index (χ1n) is 21.7. The molecule has 0 saturated carbocycles. The molecule has 14 heteroatoms. The largest absolute Gasteiger partial charge is 0.543 e. The first-order valence-corrected chi connectivity index (χ1v) is 23.8. The third-order valence-corrected chi connectivity index (χ3v) is 18.2. The van der Waals surface area contributed by atoms with Crippen molar-refractivity contribution in [2.45, 2.75) is 155 Å². The summed E-state index contributed by atoms with van der Waals surface area (Å²) in [4.78, 5) is 52.3. The van der Waals surface area contributed by atoms with Gasteiger partial charge in [0.05, 0.1) is 6.61 Å². The van der Waals surface area contributed by atoms with Gasteiger partial charge in [0, 0.05) is 50.3 Å². The number of nitrogens with one attached hydrogen (secondary N) is 2. The van der Waals surface area contributed by atoms with Crippen molar-refractivity contribution in [3.05, 3.63) is 53.7 Å². The number of carbonyl (C=O) groups excluding carboxylic acids is 3. The Morgan fingerprint density at radius 2 is 1.60 bits per heavy atom. The summed E-state index contributed by atoms with van der Waals surface area (Å²) >= 11 is 0. The van der Waals surface area contributed by atoms with Gasteiger partial charge in [-0.05, 0) is 129 Å². The van der Waals surface area contributed by atoms with Crippen molar-refractivity contribution < 1.29 is 42.9 Å². The molecule has 3 heterocycles. The minimum atomic E-state index is -2.55. The van der Waals surface area contributed by atoms with Gasteiger partial charge >= 0.3 is 18.0 Å². The van der Waals surface area contributed by atoms with E-state index in [9.17, 15) is 24.3 Å². The summed E-state index contributed by atoms with van der Waals surface area (Å²) in [5, 5.41) is 15.3. The van der Waals surface area contributed by atoms with Crippen LogP contribution in [0, 0.1) is 0 Å². The summed E-state index contributed by atoms with van der Waals surface area (Å²) in [7, 11) is -2.55. The van der Waals surface area contributed by atoms with Gasteiger partial charge in [0.25, 0.3) is 14.2 Å². The average molecular weight is 849 g/mol. The molecule has 60 heavy (non-hydrogen) atoms. The Morgan fingerprint density at radius 3 is 2.20 bits per heavy atom. The molecule has 0 spiro atoms. The highest BCUT2D eigenvalue weighted by atomic mass is 28.4. The van der Waals surface area contributed by atoms with E-state index in [0.717, 1.165) is 34.9 Å². The van der Waals surface area contributed by atoms with Gasteiger partial charge in [-0.1, -0.05) is 53.7 Å². The Kier molecular flexibility index (Phi) is 14.9. The van der Waals surface area contributed by atoms with Gasteiger partial charge in [0.1, 0.15) is 22.9 Å². The third-order valence-electron chi connectivity index (χ3n) is 12.1. The number of aromatic nitrogens is 1.